The normalized spacial score (nSPS) is 10.7. The van der Waals surface area contributed by atoms with Crippen LogP contribution in [0.5, 0.6) is 0 Å². The second-order valence-electron chi connectivity index (χ2n) is 5.21. The largest absolute Gasteiger partial charge is 0.345 e. The number of rotatable bonds is 6. The van der Waals surface area contributed by atoms with Crippen molar-refractivity contribution in [3.63, 3.8) is 0 Å². The molecular formula is C13H27N3O2. The lowest BCUT2D eigenvalue weighted by atomic mass is 10.2. The zero-order valence-corrected chi connectivity index (χ0v) is 12.5. The summed E-state index contributed by atoms with van der Waals surface area (Å²) in [6, 6.07) is -0.0389. The van der Waals surface area contributed by atoms with Crippen molar-refractivity contribution >= 4 is 11.9 Å². The maximum Gasteiger partial charge on any atom is 0.318 e. The number of hydrogen-bond acceptors (Lipinski definition) is 2. The smallest absolute Gasteiger partial charge is 0.318 e. The van der Waals surface area contributed by atoms with Gasteiger partial charge in [-0.15, -0.1) is 0 Å². The molecule has 0 bridgehead atoms. The first-order valence-corrected chi connectivity index (χ1v) is 6.58. The molecule has 0 fully saturated rings. The van der Waals surface area contributed by atoms with Gasteiger partial charge in [-0.3, -0.25) is 4.79 Å². The van der Waals surface area contributed by atoms with Crippen molar-refractivity contribution < 1.29 is 9.59 Å². The summed E-state index contributed by atoms with van der Waals surface area (Å²) in [5.41, 5.74) is 0. The summed E-state index contributed by atoms with van der Waals surface area (Å²) in [4.78, 5) is 26.9. The van der Waals surface area contributed by atoms with E-state index in [-0.39, 0.29) is 24.5 Å². The summed E-state index contributed by atoms with van der Waals surface area (Å²) in [5, 5.41) is 2.68. The van der Waals surface area contributed by atoms with Crippen LogP contribution in [-0.2, 0) is 4.79 Å². The van der Waals surface area contributed by atoms with E-state index in [1.165, 1.54) is 0 Å². The Bertz CT molecular complexity index is 277. The molecule has 0 saturated heterocycles. The minimum absolute atomic E-state index is 0.0600. The molecule has 0 unspecified atom stereocenters. The van der Waals surface area contributed by atoms with Crippen molar-refractivity contribution in [1.29, 1.82) is 0 Å². The molecule has 0 atom stereocenters. The highest BCUT2D eigenvalue weighted by Crippen LogP contribution is 2.04. The van der Waals surface area contributed by atoms with Crippen molar-refractivity contribution in [2.75, 3.05) is 26.7 Å². The van der Waals surface area contributed by atoms with Crippen molar-refractivity contribution in [3.05, 3.63) is 0 Å². The van der Waals surface area contributed by atoms with Gasteiger partial charge in [0.15, 0.2) is 0 Å². The van der Waals surface area contributed by atoms with Gasteiger partial charge < -0.3 is 15.1 Å². The molecule has 0 saturated carbocycles. The second kappa shape index (κ2) is 7.95. The van der Waals surface area contributed by atoms with Gasteiger partial charge in [0, 0.05) is 26.2 Å². The van der Waals surface area contributed by atoms with E-state index in [0.29, 0.717) is 19.0 Å². The lowest BCUT2D eigenvalue weighted by Gasteiger charge is -2.28. The lowest BCUT2D eigenvalue weighted by molar-refractivity contribution is -0.128. The van der Waals surface area contributed by atoms with Gasteiger partial charge in [0.2, 0.25) is 5.91 Å². The first-order chi connectivity index (χ1) is 8.29. The van der Waals surface area contributed by atoms with Crippen molar-refractivity contribution in [2.45, 2.75) is 40.7 Å². The van der Waals surface area contributed by atoms with Gasteiger partial charge in [-0.1, -0.05) is 13.8 Å². The molecule has 0 aliphatic carbocycles. The van der Waals surface area contributed by atoms with Crippen LogP contribution in [0.25, 0.3) is 0 Å². The van der Waals surface area contributed by atoms with E-state index >= 15 is 0 Å². The zero-order chi connectivity index (χ0) is 14.3. The standard InChI is InChI=1S/C13H27N3O2/c1-7-15(6)12(17)8-14-13(18)16(11(4)5)9-10(2)3/h10-11H,7-9H2,1-6H3,(H,14,18). The molecule has 0 radical (unpaired) electrons. The Labute approximate surface area is 111 Å². The van der Waals surface area contributed by atoms with Crippen LogP contribution >= 0.6 is 0 Å². The molecular weight excluding hydrogens is 230 g/mol. The molecule has 0 aromatic heterocycles. The molecule has 106 valence electrons. The first kappa shape index (κ1) is 16.7. The monoisotopic (exact) mass is 257 g/mol. The Balaban J connectivity index is 4.31. The predicted molar refractivity (Wildman–Crippen MR) is 73.4 cm³/mol. The molecule has 5 heteroatoms. The van der Waals surface area contributed by atoms with Gasteiger partial charge in [0.1, 0.15) is 0 Å². The Morgan fingerprint density at radius 1 is 1.17 bits per heavy atom. The van der Waals surface area contributed by atoms with Gasteiger partial charge in [0.05, 0.1) is 6.54 Å². The van der Waals surface area contributed by atoms with E-state index < -0.39 is 0 Å². The van der Waals surface area contributed by atoms with E-state index in [0.717, 1.165) is 0 Å². The molecule has 18 heavy (non-hydrogen) atoms. The van der Waals surface area contributed by atoms with E-state index in [4.69, 9.17) is 0 Å². The summed E-state index contributed by atoms with van der Waals surface area (Å²) >= 11 is 0. The van der Waals surface area contributed by atoms with Gasteiger partial charge in [-0.2, -0.15) is 0 Å². The van der Waals surface area contributed by atoms with Crippen molar-refractivity contribution in [2.24, 2.45) is 5.92 Å². The SMILES string of the molecule is CCN(C)C(=O)CNC(=O)N(CC(C)C)C(C)C. The summed E-state index contributed by atoms with van der Waals surface area (Å²) < 4.78 is 0. The molecule has 0 heterocycles. The lowest BCUT2D eigenvalue weighted by Crippen LogP contribution is -2.48. The van der Waals surface area contributed by atoms with Crippen LogP contribution in [-0.4, -0.2) is 54.5 Å². The van der Waals surface area contributed by atoms with Crippen LogP contribution < -0.4 is 5.32 Å². The average Bonchev–Trinajstić information content (AvgIpc) is 2.30. The topological polar surface area (TPSA) is 52.7 Å². The number of urea groups is 1. The third kappa shape index (κ3) is 5.89. The van der Waals surface area contributed by atoms with Crippen LogP contribution in [0.4, 0.5) is 4.79 Å². The number of carbonyl (C=O) groups is 2. The summed E-state index contributed by atoms with van der Waals surface area (Å²) in [5.74, 6) is 0.339. The van der Waals surface area contributed by atoms with Crippen LogP contribution in [0.3, 0.4) is 0 Å². The molecule has 0 aliphatic heterocycles. The third-order valence-corrected chi connectivity index (χ3v) is 2.74. The summed E-state index contributed by atoms with van der Waals surface area (Å²) in [6.07, 6.45) is 0. The minimum atomic E-state index is -0.170. The van der Waals surface area contributed by atoms with E-state index in [2.05, 4.69) is 19.2 Å². The highest BCUT2D eigenvalue weighted by atomic mass is 16.2. The maximum absolute atomic E-state index is 12.0. The van der Waals surface area contributed by atoms with Gasteiger partial charge in [-0.25, -0.2) is 4.79 Å². The predicted octanol–water partition coefficient (Wildman–Crippen LogP) is 1.54. The zero-order valence-electron chi connectivity index (χ0n) is 12.5. The maximum atomic E-state index is 12.0. The van der Waals surface area contributed by atoms with E-state index in [1.54, 1.807) is 16.8 Å². The summed E-state index contributed by atoms with van der Waals surface area (Å²) in [6.45, 7) is 11.4. The first-order valence-electron chi connectivity index (χ1n) is 6.58. The van der Waals surface area contributed by atoms with Crippen LogP contribution in [0.2, 0.25) is 0 Å². The Kier molecular flexibility index (Phi) is 7.39. The molecule has 3 amide bonds. The fraction of sp³-hybridized carbons (Fsp3) is 0.846. The fourth-order valence-corrected chi connectivity index (χ4v) is 1.49. The summed E-state index contributed by atoms with van der Waals surface area (Å²) in [7, 11) is 1.73. The fourth-order valence-electron chi connectivity index (χ4n) is 1.49. The minimum Gasteiger partial charge on any atom is -0.345 e. The highest BCUT2D eigenvalue weighted by molar-refractivity contribution is 5.83. The van der Waals surface area contributed by atoms with Gasteiger partial charge in [0.25, 0.3) is 0 Å². The number of nitrogens with zero attached hydrogens (tertiary/aromatic N) is 2. The molecule has 0 spiro atoms. The van der Waals surface area contributed by atoms with Crippen molar-refractivity contribution in [1.82, 2.24) is 15.1 Å². The molecule has 0 aliphatic rings. The van der Waals surface area contributed by atoms with Gasteiger partial charge in [-0.05, 0) is 26.7 Å². The number of carbonyl (C=O) groups excluding carboxylic acids is 2. The van der Waals surface area contributed by atoms with Crippen LogP contribution in [0.1, 0.15) is 34.6 Å². The Hall–Kier alpha value is -1.26. The van der Waals surface area contributed by atoms with Gasteiger partial charge >= 0.3 is 6.03 Å². The Morgan fingerprint density at radius 2 is 1.72 bits per heavy atom. The highest BCUT2D eigenvalue weighted by Gasteiger charge is 2.18. The second-order valence-corrected chi connectivity index (χ2v) is 5.21. The number of nitrogens with one attached hydrogen (secondary N) is 1. The third-order valence-electron chi connectivity index (χ3n) is 2.74. The number of amides is 3. The van der Waals surface area contributed by atoms with E-state index in [1.807, 2.05) is 20.8 Å². The van der Waals surface area contributed by atoms with Crippen LogP contribution in [0, 0.1) is 5.92 Å². The molecule has 1 N–H and O–H groups in total. The quantitative estimate of drug-likeness (QED) is 0.784. The molecule has 5 nitrogen and oxygen atoms in total. The number of hydrogen-bond donors (Lipinski definition) is 1. The molecule has 0 aromatic carbocycles. The van der Waals surface area contributed by atoms with E-state index in [9.17, 15) is 9.59 Å². The average molecular weight is 257 g/mol. The Morgan fingerprint density at radius 3 is 2.11 bits per heavy atom. The molecule has 0 rings (SSSR count). The van der Waals surface area contributed by atoms with Crippen LogP contribution in [0.15, 0.2) is 0 Å². The van der Waals surface area contributed by atoms with Crippen molar-refractivity contribution in [3.8, 4) is 0 Å². The number of likely N-dealkylation sites (N-methyl/N-ethyl adjacent to an activating group) is 1. The molecule has 0 aromatic rings.